The van der Waals surface area contributed by atoms with Crippen LogP contribution in [0, 0.1) is 11.7 Å². The van der Waals surface area contributed by atoms with Crippen molar-refractivity contribution in [2.75, 3.05) is 19.6 Å². The zero-order valence-corrected chi connectivity index (χ0v) is 12.4. The summed E-state index contributed by atoms with van der Waals surface area (Å²) < 4.78 is 40.3. The maximum absolute atomic E-state index is 13.9. The molecule has 0 saturated carbocycles. The molecule has 0 aliphatic carbocycles. The zero-order chi connectivity index (χ0) is 14.3. The molecule has 2 aliphatic rings. The van der Waals surface area contributed by atoms with Crippen LogP contribution in [0.2, 0.25) is 5.02 Å². The van der Waals surface area contributed by atoms with Crippen molar-refractivity contribution in [1.29, 1.82) is 0 Å². The lowest BCUT2D eigenvalue weighted by Gasteiger charge is -2.34. The Labute approximate surface area is 123 Å². The van der Waals surface area contributed by atoms with Crippen molar-refractivity contribution in [2.24, 2.45) is 5.92 Å². The van der Waals surface area contributed by atoms with E-state index in [0.29, 0.717) is 25.0 Å². The van der Waals surface area contributed by atoms with Gasteiger partial charge in [-0.05, 0) is 43.5 Å². The number of hydrogen-bond acceptors (Lipinski definition) is 3. The Morgan fingerprint density at radius 3 is 2.90 bits per heavy atom. The molecule has 3 rings (SSSR count). The fourth-order valence-electron chi connectivity index (χ4n) is 3.06. The molecule has 2 atom stereocenters. The van der Waals surface area contributed by atoms with Crippen LogP contribution in [0.1, 0.15) is 12.8 Å². The smallest absolute Gasteiger partial charge is 0.245 e. The van der Waals surface area contributed by atoms with E-state index in [1.165, 1.54) is 16.4 Å². The molecule has 7 heteroatoms. The lowest BCUT2D eigenvalue weighted by molar-refractivity contribution is 0.246. The second-order valence-electron chi connectivity index (χ2n) is 5.34. The first-order chi connectivity index (χ1) is 9.48. The summed E-state index contributed by atoms with van der Waals surface area (Å²) >= 11 is 5.67. The normalized spacial score (nSPS) is 27.5. The summed E-state index contributed by atoms with van der Waals surface area (Å²) in [6.07, 6.45) is 1.75. The van der Waals surface area contributed by atoms with Crippen LogP contribution in [0.25, 0.3) is 0 Å². The number of rotatable bonds is 2. The third-order valence-electron chi connectivity index (χ3n) is 4.13. The Hall–Kier alpha value is -0.690. The summed E-state index contributed by atoms with van der Waals surface area (Å²) in [5, 5.41) is 3.57. The van der Waals surface area contributed by atoms with Crippen LogP contribution in [0.15, 0.2) is 23.1 Å². The van der Waals surface area contributed by atoms with Crippen LogP contribution in [0.5, 0.6) is 0 Å². The molecule has 2 saturated heterocycles. The van der Waals surface area contributed by atoms with Gasteiger partial charge in [0.1, 0.15) is 10.7 Å². The molecule has 2 fully saturated rings. The first kappa shape index (κ1) is 14.3. The van der Waals surface area contributed by atoms with E-state index in [1.54, 1.807) is 0 Å². The number of nitrogens with one attached hydrogen (secondary N) is 1. The predicted octanol–water partition coefficient (Wildman–Crippen LogP) is 1.85. The van der Waals surface area contributed by atoms with E-state index in [1.807, 2.05) is 0 Å². The third-order valence-corrected chi connectivity index (χ3v) is 6.26. The van der Waals surface area contributed by atoms with Crippen LogP contribution < -0.4 is 5.32 Å². The van der Waals surface area contributed by atoms with Gasteiger partial charge in [0.05, 0.1) is 0 Å². The maximum Gasteiger partial charge on any atom is 0.245 e. The van der Waals surface area contributed by atoms with Crippen LogP contribution in [-0.2, 0) is 10.0 Å². The van der Waals surface area contributed by atoms with E-state index in [-0.39, 0.29) is 9.92 Å². The Morgan fingerprint density at radius 1 is 1.35 bits per heavy atom. The fourth-order valence-corrected chi connectivity index (χ4v) is 4.77. The maximum atomic E-state index is 13.9. The van der Waals surface area contributed by atoms with Crippen molar-refractivity contribution >= 4 is 21.6 Å². The number of hydrogen-bond donors (Lipinski definition) is 1. The van der Waals surface area contributed by atoms with Gasteiger partial charge in [-0.1, -0.05) is 11.6 Å². The Bertz CT molecular complexity index is 623. The summed E-state index contributed by atoms with van der Waals surface area (Å²) in [5.41, 5.74) is 0. The molecule has 0 spiro atoms. The van der Waals surface area contributed by atoms with Gasteiger partial charge in [0.2, 0.25) is 10.0 Å². The van der Waals surface area contributed by atoms with E-state index >= 15 is 0 Å². The molecule has 0 aromatic heterocycles. The predicted molar refractivity (Wildman–Crippen MR) is 74.7 cm³/mol. The largest absolute Gasteiger partial charge is 0.314 e. The average molecular weight is 319 g/mol. The minimum atomic E-state index is -3.78. The van der Waals surface area contributed by atoms with E-state index in [9.17, 15) is 12.8 Å². The topological polar surface area (TPSA) is 49.4 Å². The molecule has 2 heterocycles. The Balaban J connectivity index is 1.88. The van der Waals surface area contributed by atoms with E-state index in [4.69, 9.17) is 11.6 Å². The molecule has 0 amide bonds. The second-order valence-corrected chi connectivity index (χ2v) is 7.68. The zero-order valence-electron chi connectivity index (χ0n) is 10.9. The minimum Gasteiger partial charge on any atom is -0.314 e. The van der Waals surface area contributed by atoms with Crippen molar-refractivity contribution in [3.8, 4) is 0 Å². The molecule has 0 radical (unpaired) electrons. The molecule has 110 valence electrons. The summed E-state index contributed by atoms with van der Waals surface area (Å²) in [6, 6.07) is 4.09. The van der Waals surface area contributed by atoms with Gasteiger partial charge in [-0.2, -0.15) is 4.31 Å². The fraction of sp³-hybridized carbons (Fsp3) is 0.538. The van der Waals surface area contributed by atoms with Crippen LogP contribution >= 0.6 is 11.6 Å². The van der Waals surface area contributed by atoms with Gasteiger partial charge in [-0.25, -0.2) is 12.8 Å². The monoisotopic (exact) mass is 318 g/mol. The number of fused-ring (bicyclic) bond motifs is 1. The Kier molecular flexibility index (Phi) is 3.75. The van der Waals surface area contributed by atoms with Gasteiger partial charge in [0.25, 0.3) is 0 Å². The highest BCUT2D eigenvalue weighted by atomic mass is 35.5. The highest BCUT2D eigenvalue weighted by Crippen LogP contribution is 2.30. The molecule has 1 aromatic carbocycles. The van der Waals surface area contributed by atoms with Gasteiger partial charge in [0, 0.05) is 24.2 Å². The average Bonchev–Trinajstić information content (AvgIpc) is 2.85. The molecule has 4 nitrogen and oxygen atoms in total. The van der Waals surface area contributed by atoms with Crippen LogP contribution in [-0.4, -0.2) is 38.4 Å². The summed E-state index contributed by atoms with van der Waals surface area (Å²) in [5.74, 6) is -0.460. The van der Waals surface area contributed by atoms with Gasteiger partial charge < -0.3 is 5.32 Å². The van der Waals surface area contributed by atoms with Crippen molar-refractivity contribution in [1.82, 2.24) is 9.62 Å². The van der Waals surface area contributed by atoms with E-state index in [0.717, 1.165) is 25.5 Å². The second kappa shape index (κ2) is 5.26. The molecule has 2 aliphatic heterocycles. The molecule has 1 N–H and O–H groups in total. The van der Waals surface area contributed by atoms with Gasteiger partial charge >= 0.3 is 0 Å². The van der Waals surface area contributed by atoms with Crippen molar-refractivity contribution in [2.45, 2.75) is 23.8 Å². The van der Waals surface area contributed by atoms with Gasteiger partial charge in [-0.15, -0.1) is 0 Å². The summed E-state index contributed by atoms with van der Waals surface area (Å²) in [4.78, 5) is -0.286. The quantitative estimate of drug-likeness (QED) is 0.905. The Morgan fingerprint density at radius 2 is 2.15 bits per heavy atom. The molecule has 1 aromatic rings. The lowest BCUT2D eigenvalue weighted by atomic mass is 9.95. The molecular formula is C13H16ClFN2O2S. The highest BCUT2D eigenvalue weighted by molar-refractivity contribution is 7.89. The first-order valence-corrected chi connectivity index (χ1v) is 8.49. The number of sulfonamides is 1. The molecule has 0 bridgehead atoms. The summed E-state index contributed by atoms with van der Waals surface area (Å²) in [6.45, 7) is 1.82. The standard InChI is InChI=1S/C13H16ClFN2O2S/c14-10-1-2-13(11(15)7-10)20(18,19)17-6-4-12-9(8-17)3-5-16-12/h1-2,7,9,12,16H,3-6,8H2. The van der Waals surface area contributed by atoms with Crippen LogP contribution in [0.4, 0.5) is 4.39 Å². The first-order valence-electron chi connectivity index (χ1n) is 6.67. The molecule has 20 heavy (non-hydrogen) atoms. The lowest BCUT2D eigenvalue weighted by Crippen LogP contribution is -2.46. The third kappa shape index (κ3) is 2.45. The SMILES string of the molecule is O=S(=O)(c1ccc(Cl)cc1F)N1CCC2NCCC2C1. The minimum absolute atomic E-state index is 0.195. The van der Waals surface area contributed by atoms with Crippen molar-refractivity contribution in [3.63, 3.8) is 0 Å². The van der Waals surface area contributed by atoms with Crippen molar-refractivity contribution in [3.05, 3.63) is 29.0 Å². The number of nitrogens with zero attached hydrogens (tertiary/aromatic N) is 1. The van der Waals surface area contributed by atoms with Gasteiger partial charge in [0.15, 0.2) is 0 Å². The number of piperidine rings is 1. The highest BCUT2D eigenvalue weighted by Gasteiger charge is 2.38. The van der Waals surface area contributed by atoms with Crippen molar-refractivity contribution < 1.29 is 12.8 Å². The summed E-state index contributed by atoms with van der Waals surface area (Å²) in [7, 11) is -3.78. The van der Waals surface area contributed by atoms with Crippen LogP contribution in [0.3, 0.4) is 0 Å². The molecular weight excluding hydrogens is 303 g/mol. The van der Waals surface area contributed by atoms with E-state index < -0.39 is 15.8 Å². The number of benzene rings is 1. The number of halogens is 2. The van der Waals surface area contributed by atoms with Gasteiger partial charge in [-0.3, -0.25) is 0 Å². The van der Waals surface area contributed by atoms with E-state index in [2.05, 4.69) is 5.32 Å². The molecule has 2 unspecified atom stereocenters.